The van der Waals surface area contributed by atoms with Crippen molar-refractivity contribution in [2.24, 2.45) is 0 Å². The molecule has 1 aromatic carbocycles. The van der Waals surface area contributed by atoms with Crippen molar-refractivity contribution in [2.45, 2.75) is 19.5 Å². The fraction of sp³-hybridized carbons (Fsp3) is 0.375. The average molecular weight is 302 g/mol. The van der Waals surface area contributed by atoms with Crippen LogP contribution < -0.4 is 10.6 Å². The second-order valence-electron chi connectivity index (χ2n) is 5.42. The van der Waals surface area contributed by atoms with Crippen LogP contribution in [0.4, 0.5) is 4.79 Å². The summed E-state index contributed by atoms with van der Waals surface area (Å²) >= 11 is 0. The minimum absolute atomic E-state index is 0.216. The molecule has 0 saturated heterocycles. The fourth-order valence-corrected chi connectivity index (χ4v) is 1.79. The molecular formula is C16H22N4O2. The van der Waals surface area contributed by atoms with Gasteiger partial charge < -0.3 is 20.1 Å². The summed E-state index contributed by atoms with van der Waals surface area (Å²) in [6.45, 7) is 2.94. The number of hydrogen-bond acceptors (Lipinski definition) is 4. The molecule has 2 rings (SSSR count). The molecule has 0 aliphatic carbocycles. The van der Waals surface area contributed by atoms with E-state index in [1.165, 1.54) is 0 Å². The number of likely N-dealkylation sites (N-methyl/N-ethyl adjacent to an activating group) is 1. The van der Waals surface area contributed by atoms with E-state index in [9.17, 15) is 4.79 Å². The van der Waals surface area contributed by atoms with Gasteiger partial charge in [0.2, 0.25) is 0 Å². The molecule has 0 bridgehead atoms. The van der Waals surface area contributed by atoms with Gasteiger partial charge in [0.05, 0.1) is 6.54 Å². The highest BCUT2D eigenvalue weighted by Gasteiger charge is 2.09. The number of urea groups is 1. The maximum atomic E-state index is 11.7. The summed E-state index contributed by atoms with van der Waals surface area (Å²) in [5, 5.41) is 9.58. The zero-order valence-electron chi connectivity index (χ0n) is 13.2. The predicted octanol–water partition coefficient (Wildman–Crippen LogP) is 2.09. The first-order valence-corrected chi connectivity index (χ1v) is 7.25. The Morgan fingerprint density at radius 1 is 1.27 bits per heavy atom. The Morgan fingerprint density at radius 2 is 2.00 bits per heavy atom. The molecule has 0 radical (unpaired) electrons. The normalized spacial score (nSPS) is 12.2. The van der Waals surface area contributed by atoms with E-state index in [0.29, 0.717) is 18.8 Å². The van der Waals surface area contributed by atoms with Gasteiger partial charge in [-0.1, -0.05) is 35.5 Å². The van der Waals surface area contributed by atoms with Crippen molar-refractivity contribution in [3.8, 4) is 11.3 Å². The first-order chi connectivity index (χ1) is 10.6. The number of amides is 2. The van der Waals surface area contributed by atoms with Crippen LogP contribution in [0.3, 0.4) is 0 Å². The summed E-state index contributed by atoms with van der Waals surface area (Å²) < 4.78 is 5.23. The van der Waals surface area contributed by atoms with Gasteiger partial charge in [0.1, 0.15) is 5.69 Å². The number of carbonyl (C=O) groups excluding carboxylic acids is 1. The molecule has 0 aliphatic rings. The van der Waals surface area contributed by atoms with Crippen LogP contribution in [-0.2, 0) is 6.54 Å². The lowest BCUT2D eigenvalue weighted by Crippen LogP contribution is -2.42. The van der Waals surface area contributed by atoms with E-state index in [0.717, 1.165) is 11.3 Å². The van der Waals surface area contributed by atoms with Crippen LogP contribution in [0, 0.1) is 0 Å². The van der Waals surface area contributed by atoms with Crippen LogP contribution in [0.5, 0.6) is 0 Å². The van der Waals surface area contributed by atoms with Crippen LogP contribution >= 0.6 is 0 Å². The lowest BCUT2D eigenvalue weighted by molar-refractivity contribution is 0.232. The molecule has 0 aliphatic heterocycles. The molecule has 0 saturated carbocycles. The number of rotatable bonds is 6. The molecule has 1 atom stereocenters. The summed E-state index contributed by atoms with van der Waals surface area (Å²) in [6.07, 6.45) is 0. The van der Waals surface area contributed by atoms with Gasteiger partial charge in [0, 0.05) is 24.2 Å². The molecule has 2 amide bonds. The molecule has 22 heavy (non-hydrogen) atoms. The lowest BCUT2D eigenvalue weighted by Gasteiger charge is -2.19. The Hall–Kier alpha value is -2.34. The van der Waals surface area contributed by atoms with Gasteiger partial charge in [0.15, 0.2) is 5.76 Å². The van der Waals surface area contributed by atoms with E-state index in [4.69, 9.17) is 4.52 Å². The summed E-state index contributed by atoms with van der Waals surface area (Å²) in [6, 6.07) is 11.7. The SMILES string of the molecule is CC(CNC(=O)NCc1cc(-c2ccccc2)no1)N(C)C. The number of nitrogens with zero attached hydrogens (tertiary/aromatic N) is 2. The third kappa shape index (κ3) is 4.60. The highest BCUT2D eigenvalue weighted by Crippen LogP contribution is 2.18. The van der Waals surface area contributed by atoms with Gasteiger partial charge in [-0.2, -0.15) is 0 Å². The quantitative estimate of drug-likeness (QED) is 0.857. The monoisotopic (exact) mass is 302 g/mol. The van der Waals surface area contributed by atoms with Crippen LogP contribution in [-0.4, -0.2) is 42.8 Å². The van der Waals surface area contributed by atoms with E-state index in [-0.39, 0.29) is 12.1 Å². The van der Waals surface area contributed by atoms with E-state index < -0.39 is 0 Å². The smallest absolute Gasteiger partial charge is 0.315 e. The van der Waals surface area contributed by atoms with Crippen LogP contribution in [0.1, 0.15) is 12.7 Å². The Bertz CT molecular complexity index is 595. The van der Waals surface area contributed by atoms with Gasteiger partial charge in [-0.15, -0.1) is 0 Å². The minimum Gasteiger partial charge on any atom is -0.359 e. The number of nitrogens with one attached hydrogen (secondary N) is 2. The van der Waals surface area contributed by atoms with E-state index >= 15 is 0 Å². The van der Waals surface area contributed by atoms with Crippen molar-refractivity contribution in [3.63, 3.8) is 0 Å². The standard InChI is InChI=1S/C16H22N4O2/c1-12(20(2)3)10-17-16(21)18-11-14-9-15(19-22-14)13-7-5-4-6-8-13/h4-9,12H,10-11H2,1-3H3,(H2,17,18,21). The number of benzene rings is 1. The molecule has 2 N–H and O–H groups in total. The third-order valence-electron chi connectivity index (χ3n) is 3.49. The van der Waals surface area contributed by atoms with Crippen LogP contribution in [0.15, 0.2) is 40.9 Å². The summed E-state index contributed by atoms with van der Waals surface area (Å²) in [4.78, 5) is 13.8. The zero-order chi connectivity index (χ0) is 15.9. The first kappa shape index (κ1) is 16.0. The molecule has 1 heterocycles. The molecule has 2 aromatic rings. The highest BCUT2D eigenvalue weighted by molar-refractivity contribution is 5.73. The molecular weight excluding hydrogens is 280 g/mol. The van der Waals surface area contributed by atoms with Crippen molar-refractivity contribution in [1.82, 2.24) is 20.7 Å². The fourth-order valence-electron chi connectivity index (χ4n) is 1.79. The maximum Gasteiger partial charge on any atom is 0.315 e. The van der Waals surface area contributed by atoms with Gasteiger partial charge >= 0.3 is 6.03 Å². The first-order valence-electron chi connectivity index (χ1n) is 7.25. The van der Waals surface area contributed by atoms with Crippen molar-refractivity contribution < 1.29 is 9.32 Å². The topological polar surface area (TPSA) is 70.4 Å². The second kappa shape index (κ2) is 7.61. The highest BCUT2D eigenvalue weighted by atomic mass is 16.5. The Balaban J connectivity index is 1.80. The van der Waals surface area contributed by atoms with Crippen molar-refractivity contribution in [2.75, 3.05) is 20.6 Å². The molecule has 1 unspecified atom stereocenters. The van der Waals surface area contributed by atoms with Crippen molar-refractivity contribution in [3.05, 3.63) is 42.2 Å². The minimum atomic E-state index is -0.216. The largest absolute Gasteiger partial charge is 0.359 e. The second-order valence-corrected chi connectivity index (χ2v) is 5.42. The van der Waals surface area contributed by atoms with Gasteiger partial charge in [-0.05, 0) is 21.0 Å². The number of aromatic nitrogens is 1. The van der Waals surface area contributed by atoms with Gasteiger partial charge in [0.25, 0.3) is 0 Å². The van der Waals surface area contributed by atoms with Crippen LogP contribution in [0.2, 0.25) is 0 Å². The van der Waals surface area contributed by atoms with E-state index in [1.807, 2.05) is 62.3 Å². The van der Waals surface area contributed by atoms with Gasteiger partial charge in [-0.3, -0.25) is 0 Å². The number of carbonyl (C=O) groups is 1. The molecule has 6 heteroatoms. The van der Waals surface area contributed by atoms with E-state index in [2.05, 4.69) is 15.8 Å². The van der Waals surface area contributed by atoms with Crippen LogP contribution in [0.25, 0.3) is 11.3 Å². The summed E-state index contributed by atoms with van der Waals surface area (Å²) in [7, 11) is 3.95. The Morgan fingerprint density at radius 3 is 2.68 bits per heavy atom. The lowest BCUT2D eigenvalue weighted by atomic mass is 10.1. The molecule has 6 nitrogen and oxygen atoms in total. The zero-order valence-corrected chi connectivity index (χ0v) is 13.2. The molecule has 1 aromatic heterocycles. The molecule has 0 fully saturated rings. The average Bonchev–Trinajstić information content (AvgIpc) is 3.00. The Kier molecular flexibility index (Phi) is 5.55. The predicted molar refractivity (Wildman–Crippen MR) is 85.3 cm³/mol. The van der Waals surface area contributed by atoms with Crippen molar-refractivity contribution >= 4 is 6.03 Å². The number of hydrogen-bond donors (Lipinski definition) is 2. The van der Waals surface area contributed by atoms with E-state index in [1.54, 1.807) is 0 Å². The maximum absolute atomic E-state index is 11.7. The molecule has 118 valence electrons. The summed E-state index contributed by atoms with van der Waals surface area (Å²) in [5.41, 5.74) is 1.75. The Labute approximate surface area is 130 Å². The van der Waals surface area contributed by atoms with Crippen molar-refractivity contribution in [1.29, 1.82) is 0 Å². The van der Waals surface area contributed by atoms with Gasteiger partial charge in [-0.25, -0.2) is 4.79 Å². The third-order valence-corrected chi connectivity index (χ3v) is 3.49. The molecule has 0 spiro atoms. The summed E-state index contributed by atoms with van der Waals surface area (Å²) in [5.74, 6) is 0.620.